The highest BCUT2D eigenvalue weighted by molar-refractivity contribution is 6.12. The van der Waals surface area contributed by atoms with E-state index in [0.29, 0.717) is 0 Å². The van der Waals surface area contributed by atoms with Gasteiger partial charge in [0.25, 0.3) is 0 Å². The number of allylic oxidation sites excluding steroid dienone is 1. The molecule has 0 heterocycles. The van der Waals surface area contributed by atoms with E-state index in [2.05, 4.69) is 0 Å². The molecule has 1 aromatic rings. The van der Waals surface area contributed by atoms with Crippen molar-refractivity contribution in [2.75, 3.05) is 6.61 Å². The third kappa shape index (κ3) is 4.09. The Morgan fingerprint density at radius 2 is 1.80 bits per heavy atom. The van der Waals surface area contributed by atoms with Gasteiger partial charge in [-0.1, -0.05) is 30.3 Å². The monoisotopic (exact) mass is 274 g/mol. The third-order valence-corrected chi connectivity index (χ3v) is 2.59. The number of carbonyl (C=O) groups excluding carboxylic acids is 2. The van der Waals surface area contributed by atoms with Gasteiger partial charge in [0, 0.05) is 0 Å². The summed E-state index contributed by atoms with van der Waals surface area (Å²) in [6.45, 7) is 4.55. The molecule has 0 unspecified atom stereocenters. The van der Waals surface area contributed by atoms with E-state index in [1.165, 1.54) is 19.9 Å². The van der Waals surface area contributed by atoms with E-state index in [0.717, 1.165) is 5.56 Å². The molecule has 0 saturated heterocycles. The van der Waals surface area contributed by atoms with Crippen molar-refractivity contribution in [1.82, 2.24) is 0 Å². The van der Waals surface area contributed by atoms with Crippen molar-refractivity contribution in [2.24, 2.45) is 0 Å². The number of aliphatic hydroxyl groups excluding tert-OH is 1. The number of ether oxygens (including phenoxy) is 1. The average molecular weight is 274 g/mol. The summed E-state index contributed by atoms with van der Waals surface area (Å²) >= 11 is 0. The minimum absolute atomic E-state index is 0.0210. The molecular formula is C16H18O4. The summed E-state index contributed by atoms with van der Waals surface area (Å²) in [7, 11) is 0. The van der Waals surface area contributed by atoms with Crippen molar-refractivity contribution >= 4 is 17.8 Å². The average Bonchev–Trinajstić information content (AvgIpc) is 2.38. The zero-order chi connectivity index (χ0) is 15.1. The number of esters is 1. The third-order valence-electron chi connectivity index (χ3n) is 2.59. The molecule has 4 heteroatoms. The smallest absolute Gasteiger partial charge is 0.339 e. The van der Waals surface area contributed by atoms with Crippen LogP contribution in [0.2, 0.25) is 0 Å². The largest absolute Gasteiger partial charge is 0.512 e. The molecular weight excluding hydrogens is 256 g/mol. The van der Waals surface area contributed by atoms with Crippen molar-refractivity contribution in [3.8, 4) is 0 Å². The Morgan fingerprint density at radius 1 is 1.20 bits per heavy atom. The van der Waals surface area contributed by atoms with Gasteiger partial charge in [0.15, 0.2) is 5.78 Å². The highest BCUT2D eigenvalue weighted by atomic mass is 16.5. The zero-order valence-electron chi connectivity index (χ0n) is 11.8. The molecule has 4 nitrogen and oxygen atoms in total. The molecule has 0 fully saturated rings. The van der Waals surface area contributed by atoms with E-state index in [1.54, 1.807) is 19.1 Å². The number of benzene rings is 1. The Morgan fingerprint density at radius 3 is 2.25 bits per heavy atom. The lowest BCUT2D eigenvalue weighted by atomic mass is 9.99. The van der Waals surface area contributed by atoms with Crippen molar-refractivity contribution in [3.63, 3.8) is 0 Å². The topological polar surface area (TPSA) is 63.6 Å². The van der Waals surface area contributed by atoms with E-state index in [-0.39, 0.29) is 29.3 Å². The number of ketones is 1. The fraction of sp³-hybridized carbons (Fsp3) is 0.250. The summed E-state index contributed by atoms with van der Waals surface area (Å²) in [5.74, 6) is -1.22. The number of rotatable bonds is 5. The van der Waals surface area contributed by atoms with E-state index < -0.39 is 5.97 Å². The minimum atomic E-state index is -0.630. The molecule has 0 spiro atoms. The predicted molar refractivity (Wildman–Crippen MR) is 77.1 cm³/mol. The summed E-state index contributed by atoms with van der Waals surface area (Å²) in [6, 6.07) is 9.07. The normalized spacial score (nSPS) is 12.7. The molecule has 1 aromatic carbocycles. The van der Waals surface area contributed by atoms with Gasteiger partial charge in [0.2, 0.25) is 0 Å². The van der Waals surface area contributed by atoms with Gasteiger partial charge in [-0.05, 0) is 32.4 Å². The van der Waals surface area contributed by atoms with E-state index in [4.69, 9.17) is 4.74 Å². The van der Waals surface area contributed by atoms with E-state index in [1.807, 2.05) is 18.2 Å². The quantitative estimate of drug-likeness (QED) is 0.388. The summed E-state index contributed by atoms with van der Waals surface area (Å²) < 4.78 is 4.95. The lowest BCUT2D eigenvalue weighted by Gasteiger charge is -2.10. The van der Waals surface area contributed by atoms with Gasteiger partial charge in [0.05, 0.1) is 17.8 Å². The molecule has 0 bridgehead atoms. The van der Waals surface area contributed by atoms with Crippen LogP contribution in [0.5, 0.6) is 0 Å². The molecule has 0 aliphatic heterocycles. The standard InChI is InChI=1S/C16H18O4/c1-4-20-16(19)14(15(11(2)17)12(3)18)10-13-8-6-5-7-9-13/h5-10,17H,4H2,1-3H3/b14-10-,15-11-. The molecule has 0 atom stereocenters. The second-order valence-electron chi connectivity index (χ2n) is 4.21. The van der Waals surface area contributed by atoms with Gasteiger partial charge in [-0.25, -0.2) is 4.79 Å². The first kappa shape index (κ1) is 15.7. The highest BCUT2D eigenvalue weighted by Gasteiger charge is 2.22. The predicted octanol–water partition coefficient (Wildman–Crippen LogP) is 3.05. The van der Waals surface area contributed by atoms with Crippen molar-refractivity contribution in [2.45, 2.75) is 20.8 Å². The van der Waals surface area contributed by atoms with Crippen LogP contribution in [0.4, 0.5) is 0 Å². The van der Waals surface area contributed by atoms with Crippen molar-refractivity contribution < 1.29 is 19.4 Å². The number of hydrogen-bond acceptors (Lipinski definition) is 4. The van der Waals surface area contributed by atoms with Crippen LogP contribution < -0.4 is 0 Å². The van der Waals surface area contributed by atoms with Crippen LogP contribution in [0.3, 0.4) is 0 Å². The second-order valence-corrected chi connectivity index (χ2v) is 4.21. The molecule has 0 aliphatic rings. The van der Waals surface area contributed by atoms with E-state index >= 15 is 0 Å². The lowest BCUT2D eigenvalue weighted by molar-refractivity contribution is -0.138. The van der Waals surface area contributed by atoms with Gasteiger partial charge < -0.3 is 9.84 Å². The summed E-state index contributed by atoms with van der Waals surface area (Å²) in [5, 5.41) is 9.66. The molecule has 1 N–H and O–H groups in total. The maximum absolute atomic E-state index is 12.0. The van der Waals surface area contributed by atoms with Gasteiger partial charge in [-0.3, -0.25) is 4.79 Å². The van der Waals surface area contributed by atoms with Gasteiger partial charge in [-0.15, -0.1) is 0 Å². The fourth-order valence-corrected chi connectivity index (χ4v) is 1.80. The van der Waals surface area contributed by atoms with Crippen molar-refractivity contribution in [1.29, 1.82) is 0 Å². The Balaban J connectivity index is 3.36. The Bertz CT molecular complexity index is 549. The van der Waals surface area contributed by atoms with Gasteiger partial charge in [-0.2, -0.15) is 0 Å². The number of Topliss-reactive ketones (excluding diaryl/α,β-unsaturated/α-hetero) is 1. The van der Waals surface area contributed by atoms with Crippen LogP contribution in [0, 0.1) is 0 Å². The Hall–Kier alpha value is -2.36. The van der Waals surface area contributed by atoms with Gasteiger partial charge in [0.1, 0.15) is 5.76 Å². The SMILES string of the molecule is CCOC(=O)C(=C\c1ccccc1)/C(C(C)=O)=C(/C)O. The number of hydrogen-bond donors (Lipinski definition) is 1. The summed E-state index contributed by atoms with van der Waals surface area (Å²) in [4.78, 5) is 23.7. The maximum Gasteiger partial charge on any atom is 0.339 e. The number of aliphatic hydroxyl groups is 1. The lowest BCUT2D eigenvalue weighted by Crippen LogP contribution is -2.15. The van der Waals surface area contributed by atoms with Crippen LogP contribution in [0.15, 0.2) is 47.2 Å². The van der Waals surface area contributed by atoms with Crippen LogP contribution in [0.25, 0.3) is 6.08 Å². The first-order chi connectivity index (χ1) is 9.47. The number of carbonyl (C=O) groups is 2. The second kappa shape index (κ2) is 7.28. The van der Waals surface area contributed by atoms with Crippen LogP contribution in [-0.2, 0) is 14.3 Å². The highest BCUT2D eigenvalue weighted by Crippen LogP contribution is 2.20. The summed E-state index contributed by atoms with van der Waals surface area (Å²) in [5.41, 5.74) is 0.786. The molecule has 0 radical (unpaired) electrons. The molecule has 106 valence electrons. The molecule has 0 aromatic heterocycles. The van der Waals surface area contributed by atoms with Crippen molar-refractivity contribution in [3.05, 3.63) is 52.8 Å². The molecule has 20 heavy (non-hydrogen) atoms. The van der Waals surface area contributed by atoms with Crippen LogP contribution in [0.1, 0.15) is 26.3 Å². The van der Waals surface area contributed by atoms with Crippen LogP contribution >= 0.6 is 0 Å². The van der Waals surface area contributed by atoms with Crippen LogP contribution in [-0.4, -0.2) is 23.5 Å². The van der Waals surface area contributed by atoms with E-state index in [9.17, 15) is 14.7 Å². The Kier molecular flexibility index (Phi) is 5.72. The zero-order valence-corrected chi connectivity index (χ0v) is 11.8. The first-order valence-corrected chi connectivity index (χ1v) is 6.32. The first-order valence-electron chi connectivity index (χ1n) is 6.32. The summed E-state index contributed by atoms with van der Waals surface area (Å²) in [6.07, 6.45) is 1.54. The Labute approximate surface area is 118 Å². The molecule has 0 amide bonds. The maximum atomic E-state index is 12.0. The molecule has 1 rings (SSSR count). The fourth-order valence-electron chi connectivity index (χ4n) is 1.80. The molecule has 0 saturated carbocycles. The molecule has 0 aliphatic carbocycles. The minimum Gasteiger partial charge on any atom is -0.512 e. The van der Waals surface area contributed by atoms with Gasteiger partial charge >= 0.3 is 5.97 Å².